The van der Waals surface area contributed by atoms with E-state index < -0.39 is 18.1 Å². The second-order valence-corrected chi connectivity index (χ2v) is 10.5. The summed E-state index contributed by atoms with van der Waals surface area (Å²) in [4.78, 5) is 14.3. The molecule has 8 aromatic rings. The number of thiophene rings is 1. The Morgan fingerprint density at radius 2 is 1.36 bits per heavy atom. The zero-order valence-corrected chi connectivity index (χ0v) is 21.6. The molecular weight excluding hydrogens is 522 g/mol. The van der Waals surface area contributed by atoms with Gasteiger partial charge in [0.1, 0.15) is 11.2 Å². The van der Waals surface area contributed by atoms with E-state index in [0.717, 1.165) is 36.5 Å². The third kappa shape index (κ3) is 3.70. The summed E-state index contributed by atoms with van der Waals surface area (Å²) in [7, 11) is 0. The van der Waals surface area contributed by atoms with Gasteiger partial charge in [-0.2, -0.15) is 0 Å². The molecule has 0 fully saturated rings. The number of benzene rings is 5. The summed E-state index contributed by atoms with van der Waals surface area (Å²) < 4.78 is 50.0. The van der Waals surface area contributed by atoms with Crippen LogP contribution in [-0.4, -0.2) is 15.0 Å². The highest BCUT2D eigenvalue weighted by atomic mass is 35.5. The molecule has 0 radical (unpaired) electrons. The highest BCUT2D eigenvalue weighted by Crippen LogP contribution is 2.40. The third-order valence-electron chi connectivity index (χ3n) is 6.70. The molecule has 0 N–H and O–H groups in total. The first-order valence-corrected chi connectivity index (χ1v) is 13.3. The lowest BCUT2D eigenvalue weighted by Gasteiger charge is -2.09. The maximum Gasteiger partial charge on any atom is 0.165 e. The van der Waals surface area contributed by atoms with Crippen LogP contribution in [0.5, 0.6) is 0 Å². The topological polar surface area (TPSA) is 51.8 Å². The van der Waals surface area contributed by atoms with Gasteiger partial charge in [0, 0.05) is 58.7 Å². The molecule has 184 valence electrons. The monoisotopic (exact) mass is 544 g/mol. The van der Waals surface area contributed by atoms with E-state index in [1.807, 2.05) is 54.6 Å². The van der Waals surface area contributed by atoms with Crippen molar-refractivity contribution in [1.29, 1.82) is 0 Å². The molecule has 0 saturated carbocycles. The summed E-state index contributed by atoms with van der Waals surface area (Å²) in [6.45, 7) is 0. The summed E-state index contributed by atoms with van der Waals surface area (Å²) >= 11 is 7.81. The van der Waals surface area contributed by atoms with Crippen LogP contribution >= 0.6 is 22.9 Å². The van der Waals surface area contributed by atoms with E-state index in [2.05, 4.69) is 23.2 Å². The molecule has 5 aromatic carbocycles. The summed E-state index contributed by atoms with van der Waals surface area (Å²) in [5, 5.41) is 4.55. The van der Waals surface area contributed by atoms with Gasteiger partial charge >= 0.3 is 0 Å². The molecule has 3 heterocycles. The number of furan rings is 1. The smallest absolute Gasteiger partial charge is 0.165 e. The van der Waals surface area contributed by atoms with Gasteiger partial charge in [-0.05, 0) is 36.4 Å². The van der Waals surface area contributed by atoms with Crippen LogP contribution < -0.4 is 0 Å². The lowest BCUT2D eigenvalue weighted by atomic mass is 10.1. The Hall–Kier alpha value is -4.58. The van der Waals surface area contributed by atoms with E-state index >= 15 is 0 Å². The van der Waals surface area contributed by atoms with Gasteiger partial charge in [-0.1, -0.05) is 78.2 Å². The molecule has 0 bridgehead atoms. The van der Waals surface area contributed by atoms with Crippen molar-refractivity contribution in [1.82, 2.24) is 15.0 Å². The minimum atomic E-state index is -0.483. The van der Waals surface area contributed by atoms with Gasteiger partial charge in [-0.3, -0.25) is 0 Å². The number of nitrogens with zero attached hydrogens (tertiary/aromatic N) is 3. The van der Waals surface area contributed by atoms with Gasteiger partial charge in [0.2, 0.25) is 0 Å². The number of aromatic nitrogens is 3. The molecule has 0 aliphatic carbocycles. The van der Waals surface area contributed by atoms with E-state index in [9.17, 15) is 0 Å². The molecule has 0 amide bonds. The number of fused-ring (bicyclic) bond motifs is 6. The minimum Gasteiger partial charge on any atom is -0.456 e. The second-order valence-electron chi connectivity index (χ2n) is 9.04. The van der Waals surface area contributed by atoms with Crippen molar-refractivity contribution < 1.29 is 11.3 Å². The zero-order chi connectivity index (χ0) is 30.3. The molecule has 6 heteroatoms. The van der Waals surface area contributed by atoms with Crippen LogP contribution in [0.1, 0.15) is 6.85 Å². The van der Waals surface area contributed by atoms with Gasteiger partial charge in [-0.15, -0.1) is 11.3 Å². The average molecular weight is 545 g/mol. The van der Waals surface area contributed by atoms with Gasteiger partial charge in [0.15, 0.2) is 17.5 Å². The lowest BCUT2D eigenvalue weighted by molar-refractivity contribution is 0.669. The first kappa shape index (κ1) is 17.8. The van der Waals surface area contributed by atoms with Crippen molar-refractivity contribution in [3.63, 3.8) is 0 Å². The number of halogens is 1. The Morgan fingerprint density at radius 1 is 0.641 bits per heavy atom. The Kier molecular flexibility index (Phi) is 4.00. The molecule has 0 aliphatic rings. The molecule has 4 nitrogen and oxygen atoms in total. The zero-order valence-electron chi connectivity index (χ0n) is 25.0. The predicted octanol–water partition coefficient (Wildman–Crippen LogP) is 9.79. The van der Waals surface area contributed by atoms with Crippen molar-refractivity contribution in [2.45, 2.75) is 0 Å². The Balaban J connectivity index is 1.41. The van der Waals surface area contributed by atoms with Crippen LogP contribution in [0.4, 0.5) is 0 Å². The lowest BCUT2D eigenvalue weighted by Crippen LogP contribution is -2.00. The first-order chi connectivity index (χ1) is 21.3. The third-order valence-corrected chi connectivity index (χ3v) is 8.15. The fraction of sp³-hybridized carbons (Fsp3) is 0. The summed E-state index contributed by atoms with van der Waals surface area (Å²) in [5.74, 6) is 0.581. The Labute approximate surface area is 239 Å². The van der Waals surface area contributed by atoms with Crippen LogP contribution in [0.2, 0.25) is 5.02 Å². The van der Waals surface area contributed by atoms with Gasteiger partial charge < -0.3 is 4.42 Å². The standard InChI is InChI=1S/C33H18ClN3OS/c34-21-14-16-23-22-15-13-20(17-27(22)38-28(23)18-21)32-35-31(19-7-2-1-3-8-19)36-33(37-32)26-11-6-10-25-24-9-4-5-12-29(24)39-30(25)26/h1-18H/i1D,2D,3D,7D,8D. The average Bonchev–Trinajstić information content (AvgIpc) is 3.60. The number of hydrogen-bond acceptors (Lipinski definition) is 5. The first-order valence-electron chi connectivity index (χ1n) is 14.6. The van der Waals surface area contributed by atoms with Crippen LogP contribution in [0, 0.1) is 0 Å². The summed E-state index contributed by atoms with van der Waals surface area (Å²) in [6.07, 6.45) is 0. The van der Waals surface area contributed by atoms with E-state index in [1.165, 1.54) is 0 Å². The van der Waals surface area contributed by atoms with Crippen molar-refractivity contribution in [2.24, 2.45) is 0 Å². The normalized spacial score (nSPS) is 13.5. The largest absolute Gasteiger partial charge is 0.456 e. The summed E-state index contributed by atoms with van der Waals surface area (Å²) in [5.41, 5.74) is 2.53. The predicted molar refractivity (Wildman–Crippen MR) is 161 cm³/mol. The molecule has 0 unspecified atom stereocenters. The van der Waals surface area contributed by atoms with Gasteiger partial charge in [0.25, 0.3) is 0 Å². The van der Waals surface area contributed by atoms with E-state index in [1.54, 1.807) is 17.4 Å². The molecule has 8 rings (SSSR count). The van der Waals surface area contributed by atoms with Crippen molar-refractivity contribution in [3.05, 3.63) is 114 Å². The number of hydrogen-bond donors (Lipinski definition) is 0. The van der Waals surface area contributed by atoms with Crippen LogP contribution in [-0.2, 0) is 0 Å². The molecule has 0 aliphatic heterocycles. The second kappa shape index (κ2) is 8.73. The van der Waals surface area contributed by atoms with Gasteiger partial charge in [-0.25, -0.2) is 15.0 Å². The number of rotatable bonds is 3. The fourth-order valence-electron chi connectivity index (χ4n) is 4.91. The molecule has 0 spiro atoms. The molecule has 0 atom stereocenters. The van der Waals surface area contributed by atoms with E-state index in [4.69, 9.17) is 32.8 Å². The van der Waals surface area contributed by atoms with E-state index in [-0.39, 0.29) is 29.3 Å². The van der Waals surface area contributed by atoms with Crippen LogP contribution in [0.15, 0.2) is 113 Å². The SMILES string of the molecule is [2H]c1c([2H])c([2H])c(-c2nc(-c3ccc4c(c3)oc3cc(Cl)ccc34)nc(-c3cccc4c3sc3ccccc34)n2)c([2H])c1[2H]. The molecule has 0 saturated heterocycles. The summed E-state index contributed by atoms with van der Waals surface area (Å²) in [6, 6.07) is 23.0. The Bertz CT molecular complexity index is 2460. The highest BCUT2D eigenvalue weighted by Gasteiger charge is 2.17. The van der Waals surface area contributed by atoms with Crippen molar-refractivity contribution >= 4 is 65.0 Å². The van der Waals surface area contributed by atoms with Gasteiger partial charge in [0.05, 0.1) is 6.85 Å². The van der Waals surface area contributed by atoms with E-state index in [0.29, 0.717) is 27.6 Å². The highest BCUT2D eigenvalue weighted by molar-refractivity contribution is 7.26. The van der Waals surface area contributed by atoms with Crippen LogP contribution in [0.25, 0.3) is 76.3 Å². The Morgan fingerprint density at radius 3 is 2.23 bits per heavy atom. The van der Waals surface area contributed by atoms with Crippen LogP contribution in [0.3, 0.4) is 0 Å². The quantitative estimate of drug-likeness (QED) is 0.222. The molecule has 39 heavy (non-hydrogen) atoms. The maximum absolute atomic E-state index is 8.62. The van der Waals surface area contributed by atoms with Crippen molar-refractivity contribution in [2.75, 3.05) is 0 Å². The molecule has 3 aromatic heterocycles. The van der Waals surface area contributed by atoms with Crippen molar-refractivity contribution in [3.8, 4) is 34.2 Å². The molecular formula is C33H18ClN3OS. The fourth-order valence-corrected chi connectivity index (χ4v) is 6.29. The maximum atomic E-state index is 8.62. The minimum absolute atomic E-state index is 0.0170.